The molecule has 10 nitrogen and oxygen atoms in total. The molecule has 248 valence electrons. The van der Waals surface area contributed by atoms with Crippen molar-refractivity contribution < 1.29 is 33.4 Å². The first-order valence-corrected chi connectivity index (χ1v) is 16.0. The van der Waals surface area contributed by atoms with Gasteiger partial charge < -0.3 is 30.6 Å². The summed E-state index contributed by atoms with van der Waals surface area (Å²) in [5, 5.41) is 5.85. The number of esters is 2. The Hall–Kier alpha value is -3.89. The van der Waals surface area contributed by atoms with E-state index in [-0.39, 0.29) is 49.9 Å². The van der Waals surface area contributed by atoms with Crippen molar-refractivity contribution in [2.45, 2.75) is 84.3 Å². The number of epoxide rings is 1. The zero-order chi connectivity index (χ0) is 33.6. The molecule has 2 aromatic rings. The van der Waals surface area contributed by atoms with E-state index in [4.69, 9.17) is 31.5 Å². The fourth-order valence-corrected chi connectivity index (χ4v) is 5.53. The molecular weight excluding hydrogens is 610 g/mol. The number of nitrogen functional groups attached to an aromatic ring is 1. The molecule has 2 aliphatic rings. The second-order valence-corrected chi connectivity index (χ2v) is 13.6. The number of nitrogens with one attached hydrogen (secondary N) is 2. The van der Waals surface area contributed by atoms with Crippen LogP contribution in [0.5, 0.6) is 0 Å². The molecule has 0 aromatic heterocycles. The Balaban J connectivity index is 1.61. The highest BCUT2D eigenvalue weighted by Crippen LogP contribution is 2.45. The summed E-state index contributed by atoms with van der Waals surface area (Å²) in [6, 6.07) is 13.8. The van der Waals surface area contributed by atoms with E-state index >= 15 is 0 Å². The number of cyclic esters (lactones) is 2. The van der Waals surface area contributed by atoms with Crippen LogP contribution in [0.1, 0.15) is 64.7 Å². The average Bonchev–Trinajstić information content (AvgIpc) is 3.81. The maximum absolute atomic E-state index is 13.6. The zero-order valence-electron chi connectivity index (χ0n) is 27.0. The summed E-state index contributed by atoms with van der Waals surface area (Å²) < 4.78 is 17.8. The SMILES string of the molecule is CC(C)CC1OC(=O)C(C)(C)CNC(=O)[C@@H](Cc2ccc(N)c(Cl)c2)NC(=O)C=CC[C@@H]([C@H](C)[C@H]2O[C@@H]2c2ccccc2)OC1=O. The molecule has 2 amide bonds. The van der Waals surface area contributed by atoms with E-state index in [1.165, 1.54) is 6.08 Å². The van der Waals surface area contributed by atoms with E-state index in [1.54, 1.807) is 38.1 Å². The first-order chi connectivity index (χ1) is 21.7. The third-order valence-corrected chi connectivity index (χ3v) is 8.58. The number of halogens is 1. The van der Waals surface area contributed by atoms with Crippen molar-refractivity contribution in [2.24, 2.45) is 17.3 Å². The number of amides is 2. The molecule has 4 N–H and O–H groups in total. The summed E-state index contributed by atoms with van der Waals surface area (Å²) in [5.41, 5.74) is 6.75. The second-order valence-electron chi connectivity index (χ2n) is 13.2. The maximum Gasteiger partial charge on any atom is 0.347 e. The van der Waals surface area contributed by atoms with Crippen molar-refractivity contribution in [1.82, 2.24) is 10.6 Å². The highest BCUT2D eigenvalue weighted by atomic mass is 35.5. The predicted octanol–water partition coefficient (Wildman–Crippen LogP) is 4.70. The molecule has 2 aliphatic heterocycles. The van der Waals surface area contributed by atoms with E-state index in [1.807, 2.05) is 51.1 Å². The van der Waals surface area contributed by atoms with Crippen LogP contribution in [-0.2, 0) is 39.8 Å². The van der Waals surface area contributed by atoms with Gasteiger partial charge in [-0.25, -0.2) is 4.79 Å². The van der Waals surface area contributed by atoms with Gasteiger partial charge in [-0.05, 0) is 55.5 Å². The molecule has 6 atom stereocenters. The monoisotopic (exact) mass is 653 g/mol. The maximum atomic E-state index is 13.6. The number of anilines is 1. The molecule has 2 aromatic carbocycles. The van der Waals surface area contributed by atoms with Crippen LogP contribution in [0.2, 0.25) is 5.02 Å². The van der Waals surface area contributed by atoms with Crippen molar-refractivity contribution in [2.75, 3.05) is 12.3 Å². The number of hydrogen-bond acceptors (Lipinski definition) is 8. The van der Waals surface area contributed by atoms with Gasteiger partial charge >= 0.3 is 11.9 Å². The first kappa shape index (κ1) is 35.0. The van der Waals surface area contributed by atoms with Crippen molar-refractivity contribution >= 4 is 41.0 Å². The largest absolute Gasteiger partial charge is 0.459 e. The highest BCUT2D eigenvalue weighted by molar-refractivity contribution is 6.33. The normalized spacial score (nSPS) is 26.5. The fraction of sp³-hybridized carbons (Fsp3) is 0.486. The number of ether oxygens (including phenoxy) is 3. The molecule has 1 fully saturated rings. The Morgan fingerprint density at radius 3 is 2.41 bits per heavy atom. The molecule has 1 saturated heterocycles. The van der Waals surface area contributed by atoms with Gasteiger partial charge in [-0.3, -0.25) is 14.4 Å². The minimum Gasteiger partial charge on any atom is -0.459 e. The van der Waals surface area contributed by atoms with Gasteiger partial charge in [-0.1, -0.05) is 74.8 Å². The van der Waals surface area contributed by atoms with Crippen molar-refractivity contribution in [3.63, 3.8) is 0 Å². The number of nitrogens with two attached hydrogens (primary N) is 1. The fourth-order valence-electron chi connectivity index (χ4n) is 5.33. The third kappa shape index (κ3) is 9.33. The van der Waals surface area contributed by atoms with Gasteiger partial charge in [0.2, 0.25) is 11.8 Å². The summed E-state index contributed by atoms with van der Waals surface area (Å²) >= 11 is 6.20. The lowest BCUT2D eigenvalue weighted by Crippen LogP contribution is -2.51. The van der Waals surface area contributed by atoms with Gasteiger partial charge in [0, 0.05) is 25.3 Å². The number of rotatable bonds is 7. The number of hydrogen-bond donors (Lipinski definition) is 3. The molecule has 11 heteroatoms. The van der Waals surface area contributed by atoms with Gasteiger partial charge in [0.05, 0.1) is 22.2 Å². The van der Waals surface area contributed by atoms with Gasteiger partial charge in [0.15, 0.2) is 6.10 Å². The Labute approximate surface area is 275 Å². The summed E-state index contributed by atoms with van der Waals surface area (Å²) in [7, 11) is 0. The Morgan fingerprint density at radius 1 is 1.02 bits per heavy atom. The van der Waals surface area contributed by atoms with Crippen LogP contribution in [-0.4, -0.2) is 54.7 Å². The minimum absolute atomic E-state index is 0.0232. The van der Waals surface area contributed by atoms with Crippen molar-refractivity contribution in [3.05, 3.63) is 76.8 Å². The lowest BCUT2D eigenvalue weighted by molar-refractivity contribution is -0.179. The lowest BCUT2D eigenvalue weighted by Gasteiger charge is -2.29. The molecule has 0 saturated carbocycles. The van der Waals surface area contributed by atoms with E-state index in [9.17, 15) is 19.2 Å². The van der Waals surface area contributed by atoms with E-state index in [0.717, 1.165) is 5.56 Å². The first-order valence-electron chi connectivity index (χ1n) is 15.7. The molecule has 0 aliphatic carbocycles. The van der Waals surface area contributed by atoms with Crippen molar-refractivity contribution in [1.29, 1.82) is 0 Å². The molecular formula is C35H44ClN3O7. The van der Waals surface area contributed by atoms with E-state index in [2.05, 4.69) is 10.6 Å². The molecule has 0 bridgehead atoms. The number of benzene rings is 2. The van der Waals surface area contributed by atoms with Gasteiger partial charge in [-0.15, -0.1) is 0 Å². The van der Waals surface area contributed by atoms with Crippen LogP contribution >= 0.6 is 11.6 Å². The van der Waals surface area contributed by atoms with Crippen LogP contribution in [0, 0.1) is 17.3 Å². The number of carbonyl (C=O) groups is 4. The molecule has 2 heterocycles. The van der Waals surface area contributed by atoms with Crippen LogP contribution in [0.15, 0.2) is 60.7 Å². The third-order valence-electron chi connectivity index (χ3n) is 8.26. The van der Waals surface area contributed by atoms with E-state index in [0.29, 0.717) is 16.3 Å². The summed E-state index contributed by atoms with van der Waals surface area (Å²) in [6.07, 6.45) is 1.33. The van der Waals surface area contributed by atoms with Gasteiger partial charge in [-0.2, -0.15) is 0 Å². The standard InChI is InChI=1S/C35H44ClN3O7/c1-20(2)16-28-33(42)44-27(21(3)30-31(46-30)23-10-7-6-8-11-23)12-9-13-29(40)39-26(18-22-14-15-25(37)24(36)17-22)32(41)38-19-35(4,5)34(43)45-28/h6-11,13-15,17,20-21,26-28,30-31H,12,16,18-19,37H2,1-5H3,(H,38,41)(H,39,40)/t21-,26+,27-,28?,30+,31+/m0/s1. The minimum atomic E-state index is -1.20. The highest BCUT2D eigenvalue weighted by Gasteiger charge is 2.48. The number of carbonyl (C=O) groups excluding carboxylic acids is 4. The summed E-state index contributed by atoms with van der Waals surface area (Å²) in [6.45, 7) is 8.91. The van der Waals surface area contributed by atoms with Crippen LogP contribution in [0.3, 0.4) is 0 Å². The van der Waals surface area contributed by atoms with Gasteiger partial charge in [0.25, 0.3) is 0 Å². The zero-order valence-corrected chi connectivity index (χ0v) is 27.7. The molecule has 4 rings (SSSR count). The molecule has 0 spiro atoms. The molecule has 0 radical (unpaired) electrons. The Kier molecular flexibility index (Phi) is 11.5. The molecule has 46 heavy (non-hydrogen) atoms. The molecule has 1 unspecified atom stereocenters. The van der Waals surface area contributed by atoms with Gasteiger partial charge in [0.1, 0.15) is 18.2 Å². The predicted molar refractivity (Wildman–Crippen MR) is 174 cm³/mol. The van der Waals surface area contributed by atoms with Crippen LogP contribution in [0.4, 0.5) is 5.69 Å². The Bertz CT molecular complexity index is 1440. The van der Waals surface area contributed by atoms with E-state index < -0.39 is 47.4 Å². The smallest absolute Gasteiger partial charge is 0.347 e. The summed E-state index contributed by atoms with van der Waals surface area (Å²) in [5.74, 6) is -2.55. The van der Waals surface area contributed by atoms with Crippen molar-refractivity contribution in [3.8, 4) is 0 Å². The second kappa shape index (κ2) is 15.1. The lowest BCUT2D eigenvalue weighted by atomic mass is 9.92. The van der Waals surface area contributed by atoms with Crippen LogP contribution < -0.4 is 16.4 Å². The van der Waals surface area contributed by atoms with Crippen LogP contribution in [0.25, 0.3) is 0 Å². The Morgan fingerprint density at radius 2 is 1.74 bits per heavy atom. The topological polar surface area (TPSA) is 149 Å². The quantitative estimate of drug-likeness (QED) is 0.221. The summed E-state index contributed by atoms with van der Waals surface area (Å²) in [4.78, 5) is 53.4. The average molecular weight is 654 g/mol.